The molecule has 0 bridgehead atoms. The molecule has 7 nitrogen and oxygen atoms in total. The monoisotopic (exact) mass is 542 g/mol. The number of halogens is 1. The minimum Gasteiger partial charge on any atom is -0.372 e. The van der Waals surface area contributed by atoms with Crippen LogP contribution in [0.4, 0.5) is 0 Å². The Hall–Kier alpha value is -2.98. The van der Waals surface area contributed by atoms with Gasteiger partial charge in [-0.3, -0.25) is 9.39 Å². The lowest BCUT2D eigenvalue weighted by molar-refractivity contribution is 0.107. The summed E-state index contributed by atoms with van der Waals surface area (Å²) in [6.07, 6.45) is 1.95. The summed E-state index contributed by atoms with van der Waals surface area (Å²) in [5.74, 6) is 1.54. The summed E-state index contributed by atoms with van der Waals surface area (Å²) in [5.41, 5.74) is 4.31. The first-order valence-electron chi connectivity index (χ1n) is 10.2. The number of rotatable bonds is 8. The predicted molar refractivity (Wildman–Crippen MR) is 137 cm³/mol. The fourth-order valence-corrected chi connectivity index (χ4v) is 3.27. The average molecular weight is 542 g/mol. The van der Waals surface area contributed by atoms with Crippen molar-refractivity contribution < 1.29 is 4.74 Å². The van der Waals surface area contributed by atoms with Gasteiger partial charge in [0, 0.05) is 19.8 Å². The first-order chi connectivity index (χ1) is 15.3. The summed E-state index contributed by atoms with van der Waals surface area (Å²) >= 11 is 0. The number of aliphatic imine (C=N–C) groups is 1. The standard InChI is InChI=1S/C24H26N6O.HI/c1-25-24(27-16-23-29-28-22-12-5-6-13-30(22)23)26-15-20-10-7-11-21(14-20)18-31-17-19-8-3-2-4-9-19;/h2-14H,15-18H2,1H3,(H2,25,26,27);1H. The van der Waals surface area contributed by atoms with Gasteiger partial charge in [0.1, 0.15) is 0 Å². The second-order valence-electron chi connectivity index (χ2n) is 7.12. The molecule has 0 amide bonds. The zero-order valence-corrected chi connectivity index (χ0v) is 20.3. The van der Waals surface area contributed by atoms with E-state index in [4.69, 9.17) is 4.74 Å². The second-order valence-corrected chi connectivity index (χ2v) is 7.12. The van der Waals surface area contributed by atoms with E-state index in [0.29, 0.717) is 32.3 Å². The third-order valence-corrected chi connectivity index (χ3v) is 4.85. The summed E-state index contributed by atoms with van der Waals surface area (Å²) in [6.45, 7) is 2.37. The number of aromatic nitrogens is 3. The third kappa shape index (κ3) is 6.51. The Balaban J connectivity index is 0.00000289. The van der Waals surface area contributed by atoms with Crippen molar-refractivity contribution in [2.24, 2.45) is 4.99 Å². The average Bonchev–Trinajstić information content (AvgIpc) is 3.23. The lowest BCUT2D eigenvalue weighted by Crippen LogP contribution is -2.36. The molecule has 0 saturated heterocycles. The van der Waals surface area contributed by atoms with Crippen LogP contribution < -0.4 is 10.6 Å². The minimum atomic E-state index is 0. The summed E-state index contributed by atoms with van der Waals surface area (Å²) in [6, 6.07) is 24.4. The Morgan fingerprint density at radius 2 is 1.56 bits per heavy atom. The number of fused-ring (bicyclic) bond motifs is 1. The second kappa shape index (κ2) is 12.2. The highest BCUT2D eigenvalue weighted by atomic mass is 127. The smallest absolute Gasteiger partial charge is 0.191 e. The number of ether oxygens (including phenoxy) is 1. The van der Waals surface area contributed by atoms with Crippen LogP contribution in [0.5, 0.6) is 0 Å². The molecule has 0 radical (unpaired) electrons. The van der Waals surface area contributed by atoms with Gasteiger partial charge in [-0.25, -0.2) is 0 Å². The molecule has 0 unspecified atom stereocenters. The van der Waals surface area contributed by atoms with Crippen molar-refractivity contribution in [1.29, 1.82) is 0 Å². The quantitative estimate of drug-likeness (QED) is 0.201. The fourth-order valence-electron chi connectivity index (χ4n) is 3.27. The molecule has 4 aromatic rings. The zero-order chi connectivity index (χ0) is 21.3. The van der Waals surface area contributed by atoms with Gasteiger partial charge in [0.2, 0.25) is 0 Å². The summed E-state index contributed by atoms with van der Waals surface area (Å²) < 4.78 is 7.81. The van der Waals surface area contributed by atoms with Crippen molar-refractivity contribution in [2.45, 2.75) is 26.3 Å². The van der Waals surface area contributed by atoms with Crippen molar-refractivity contribution in [1.82, 2.24) is 25.2 Å². The molecule has 0 aliphatic rings. The molecule has 8 heteroatoms. The van der Waals surface area contributed by atoms with Crippen LogP contribution in [0.2, 0.25) is 0 Å². The Bertz CT molecular complexity index is 1150. The normalized spacial score (nSPS) is 11.2. The van der Waals surface area contributed by atoms with Crippen LogP contribution in [0.25, 0.3) is 5.65 Å². The molecular formula is C24H27IN6O. The van der Waals surface area contributed by atoms with Gasteiger partial charge in [-0.05, 0) is 28.8 Å². The van der Waals surface area contributed by atoms with Gasteiger partial charge in [-0.1, -0.05) is 60.7 Å². The molecular weight excluding hydrogens is 515 g/mol. The molecule has 32 heavy (non-hydrogen) atoms. The molecule has 0 aliphatic heterocycles. The Morgan fingerprint density at radius 3 is 2.41 bits per heavy atom. The van der Waals surface area contributed by atoms with E-state index < -0.39 is 0 Å². The van der Waals surface area contributed by atoms with Crippen LogP contribution in [0.15, 0.2) is 84.0 Å². The van der Waals surface area contributed by atoms with E-state index in [1.807, 2.05) is 47.0 Å². The van der Waals surface area contributed by atoms with Crippen LogP contribution >= 0.6 is 24.0 Å². The van der Waals surface area contributed by atoms with Crippen LogP contribution in [0, 0.1) is 0 Å². The number of hydrogen-bond donors (Lipinski definition) is 2. The Labute approximate surface area is 205 Å². The van der Waals surface area contributed by atoms with E-state index >= 15 is 0 Å². The molecule has 2 aromatic carbocycles. The van der Waals surface area contributed by atoms with Crippen molar-refractivity contribution in [3.63, 3.8) is 0 Å². The number of hydrogen-bond acceptors (Lipinski definition) is 4. The highest BCUT2D eigenvalue weighted by Crippen LogP contribution is 2.09. The lowest BCUT2D eigenvalue weighted by atomic mass is 10.1. The molecule has 0 saturated carbocycles. The summed E-state index contributed by atoms with van der Waals surface area (Å²) in [4.78, 5) is 4.30. The van der Waals surface area contributed by atoms with Gasteiger partial charge in [-0.15, -0.1) is 34.2 Å². The van der Waals surface area contributed by atoms with Gasteiger partial charge in [0.15, 0.2) is 17.4 Å². The van der Waals surface area contributed by atoms with E-state index in [9.17, 15) is 0 Å². The highest BCUT2D eigenvalue weighted by molar-refractivity contribution is 14.0. The number of benzene rings is 2. The first-order valence-corrected chi connectivity index (χ1v) is 10.2. The summed E-state index contributed by atoms with van der Waals surface area (Å²) in [5, 5.41) is 15.0. The largest absolute Gasteiger partial charge is 0.372 e. The SMILES string of the molecule is CN=C(NCc1cccc(COCc2ccccc2)c1)NCc1nnc2ccccn12.I. The highest BCUT2D eigenvalue weighted by Gasteiger charge is 2.06. The minimum absolute atomic E-state index is 0. The molecule has 4 rings (SSSR count). The van der Waals surface area contributed by atoms with Crippen LogP contribution in [-0.4, -0.2) is 27.6 Å². The number of nitrogens with one attached hydrogen (secondary N) is 2. The lowest BCUT2D eigenvalue weighted by Gasteiger charge is -2.12. The Morgan fingerprint density at radius 1 is 0.844 bits per heavy atom. The number of nitrogens with zero attached hydrogens (tertiary/aromatic N) is 4. The van der Waals surface area contributed by atoms with Gasteiger partial charge in [0.05, 0.1) is 19.8 Å². The zero-order valence-electron chi connectivity index (χ0n) is 17.9. The molecule has 2 N–H and O–H groups in total. The van der Waals surface area contributed by atoms with Gasteiger partial charge < -0.3 is 15.4 Å². The van der Waals surface area contributed by atoms with Gasteiger partial charge >= 0.3 is 0 Å². The van der Waals surface area contributed by atoms with Gasteiger partial charge in [0.25, 0.3) is 0 Å². The maximum atomic E-state index is 5.85. The van der Waals surface area contributed by atoms with Gasteiger partial charge in [-0.2, -0.15) is 0 Å². The molecule has 0 aliphatic carbocycles. The Kier molecular flexibility index (Phi) is 9.00. The van der Waals surface area contributed by atoms with E-state index in [-0.39, 0.29) is 24.0 Å². The molecule has 0 atom stereocenters. The van der Waals surface area contributed by atoms with Crippen molar-refractivity contribution in [3.8, 4) is 0 Å². The van der Waals surface area contributed by atoms with E-state index in [1.54, 1.807) is 7.05 Å². The van der Waals surface area contributed by atoms with Crippen LogP contribution in [0.1, 0.15) is 22.5 Å². The van der Waals surface area contributed by atoms with Crippen molar-refractivity contribution in [2.75, 3.05) is 7.05 Å². The molecule has 0 fully saturated rings. The fraction of sp³-hybridized carbons (Fsp3) is 0.208. The van der Waals surface area contributed by atoms with E-state index in [1.165, 1.54) is 5.56 Å². The summed E-state index contributed by atoms with van der Waals surface area (Å²) in [7, 11) is 1.76. The third-order valence-electron chi connectivity index (χ3n) is 4.85. The predicted octanol–water partition coefficient (Wildman–Crippen LogP) is 3.93. The maximum Gasteiger partial charge on any atom is 0.191 e. The molecule has 2 aromatic heterocycles. The molecule has 166 valence electrons. The molecule has 2 heterocycles. The molecule has 0 spiro atoms. The van der Waals surface area contributed by atoms with Crippen molar-refractivity contribution >= 4 is 35.6 Å². The van der Waals surface area contributed by atoms with Crippen molar-refractivity contribution in [3.05, 3.63) is 102 Å². The topological polar surface area (TPSA) is 75.8 Å². The first kappa shape index (κ1) is 23.7. The number of pyridine rings is 1. The van der Waals surface area contributed by atoms with E-state index in [0.717, 1.165) is 22.6 Å². The maximum absolute atomic E-state index is 5.85. The van der Waals surface area contributed by atoms with E-state index in [2.05, 4.69) is 62.2 Å². The number of guanidine groups is 1. The van der Waals surface area contributed by atoms with Crippen LogP contribution in [-0.2, 0) is 31.0 Å². The van der Waals surface area contributed by atoms with Crippen LogP contribution in [0.3, 0.4) is 0 Å².